The zero-order valence-electron chi connectivity index (χ0n) is 8.98. The molecule has 1 aromatic rings. The Morgan fingerprint density at radius 3 is 2.47 bits per heavy atom. The zero-order valence-corrected chi connectivity index (χ0v) is 8.98. The predicted octanol–water partition coefficient (Wildman–Crippen LogP) is 2.31. The molecule has 0 aliphatic heterocycles. The summed E-state index contributed by atoms with van der Waals surface area (Å²) in [5.74, 6) is -0.182. The summed E-state index contributed by atoms with van der Waals surface area (Å²) in [4.78, 5) is 21.5. The Kier molecular flexibility index (Phi) is 4.56. The molecule has 0 fully saturated rings. The van der Waals surface area contributed by atoms with E-state index in [0.29, 0.717) is 12.9 Å². The van der Waals surface area contributed by atoms with Crippen LogP contribution in [-0.4, -0.2) is 25.8 Å². The fourth-order valence-electron chi connectivity index (χ4n) is 1.29. The lowest BCUT2D eigenvalue weighted by Crippen LogP contribution is -2.07. The van der Waals surface area contributed by atoms with Crippen LogP contribution in [-0.2, 0) is 0 Å². The second-order valence-electron chi connectivity index (χ2n) is 2.97. The lowest BCUT2D eigenvalue weighted by atomic mass is 10.1. The Balaban J connectivity index is 3.26. The number of carbonyl (C=O) groups excluding carboxylic acids is 2. The van der Waals surface area contributed by atoms with Gasteiger partial charge in [-0.15, -0.1) is 0 Å². The van der Waals surface area contributed by atoms with Crippen LogP contribution < -0.4 is 9.47 Å². The van der Waals surface area contributed by atoms with Crippen molar-refractivity contribution in [2.75, 3.05) is 6.61 Å². The van der Waals surface area contributed by atoms with Crippen molar-refractivity contribution >= 4 is 12.6 Å². The van der Waals surface area contributed by atoms with Gasteiger partial charge >= 0.3 is 6.61 Å². The maximum atomic E-state index is 12.1. The minimum absolute atomic E-state index is 0.0541. The fourth-order valence-corrected chi connectivity index (χ4v) is 1.29. The average Bonchev–Trinajstić information content (AvgIpc) is 2.28. The number of ether oxygens (including phenoxy) is 2. The molecule has 0 aromatic heterocycles. The molecule has 17 heavy (non-hydrogen) atoms. The first-order chi connectivity index (χ1) is 8.12. The summed E-state index contributed by atoms with van der Waals surface area (Å²) in [6, 6.07) is 2.44. The first-order valence-corrected chi connectivity index (χ1v) is 4.78. The third-order valence-corrected chi connectivity index (χ3v) is 1.92. The van der Waals surface area contributed by atoms with E-state index < -0.39 is 6.61 Å². The molecule has 0 saturated heterocycles. The summed E-state index contributed by atoms with van der Waals surface area (Å²) in [5.41, 5.74) is -0.273. The third-order valence-electron chi connectivity index (χ3n) is 1.92. The number of hydrogen-bond donors (Lipinski definition) is 0. The molecule has 0 radical (unpaired) electrons. The van der Waals surface area contributed by atoms with Gasteiger partial charge in [-0.2, -0.15) is 8.78 Å². The van der Waals surface area contributed by atoms with Crippen LogP contribution in [0.4, 0.5) is 8.78 Å². The number of rotatable bonds is 6. The van der Waals surface area contributed by atoms with Gasteiger partial charge in [-0.1, -0.05) is 0 Å². The van der Waals surface area contributed by atoms with Crippen molar-refractivity contribution in [1.82, 2.24) is 0 Å². The molecular weight excluding hydrogens is 234 g/mol. The SMILES string of the molecule is CCOc1cc(C=O)c(C=O)c(OC(F)F)c1. The van der Waals surface area contributed by atoms with Gasteiger partial charge in [0.15, 0.2) is 12.6 Å². The summed E-state index contributed by atoms with van der Waals surface area (Å²) in [5, 5.41) is 0. The first-order valence-electron chi connectivity index (χ1n) is 4.78. The molecule has 0 saturated carbocycles. The monoisotopic (exact) mass is 244 g/mol. The number of benzene rings is 1. The molecule has 0 unspecified atom stereocenters. The van der Waals surface area contributed by atoms with Crippen molar-refractivity contribution in [2.45, 2.75) is 13.5 Å². The number of halogens is 2. The molecule has 1 aromatic carbocycles. The summed E-state index contributed by atoms with van der Waals surface area (Å²) < 4.78 is 33.5. The van der Waals surface area contributed by atoms with E-state index in [1.54, 1.807) is 6.92 Å². The van der Waals surface area contributed by atoms with Crippen molar-refractivity contribution < 1.29 is 27.8 Å². The van der Waals surface area contributed by atoms with E-state index >= 15 is 0 Å². The Labute approximate surface area is 96.1 Å². The maximum absolute atomic E-state index is 12.1. The Bertz CT molecular complexity index is 418. The van der Waals surface area contributed by atoms with Gasteiger partial charge in [0, 0.05) is 11.6 Å². The van der Waals surface area contributed by atoms with E-state index in [9.17, 15) is 18.4 Å². The molecular formula is C11H10F2O4. The molecule has 92 valence electrons. The molecule has 0 bridgehead atoms. The normalized spacial score (nSPS) is 10.1. The van der Waals surface area contributed by atoms with E-state index in [2.05, 4.69) is 4.74 Å². The van der Waals surface area contributed by atoms with Gasteiger partial charge in [-0.05, 0) is 13.0 Å². The van der Waals surface area contributed by atoms with Crippen LogP contribution in [0, 0.1) is 0 Å². The van der Waals surface area contributed by atoms with Gasteiger partial charge in [0.05, 0.1) is 12.2 Å². The molecule has 0 spiro atoms. The molecule has 1 rings (SSSR count). The van der Waals surface area contributed by atoms with Crippen molar-refractivity contribution in [3.63, 3.8) is 0 Å². The molecule has 0 aliphatic rings. The van der Waals surface area contributed by atoms with Crippen LogP contribution in [0.3, 0.4) is 0 Å². The average molecular weight is 244 g/mol. The van der Waals surface area contributed by atoms with E-state index in [1.807, 2.05) is 0 Å². The minimum Gasteiger partial charge on any atom is -0.494 e. The van der Waals surface area contributed by atoms with Crippen LogP contribution in [0.15, 0.2) is 12.1 Å². The lowest BCUT2D eigenvalue weighted by molar-refractivity contribution is -0.0502. The van der Waals surface area contributed by atoms with Gasteiger partial charge in [0.2, 0.25) is 0 Å². The Hall–Kier alpha value is -1.98. The van der Waals surface area contributed by atoms with Crippen LogP contribution in [0.2, 0.25) is 0 Å². The molecule has 0 atom stereocenters. The smallest absolute Gasteiger partial charge is 0.387 e. The van der Waals surface area contributed by atoms with Crippen LogP contribution in [0.1, 0.15) is 27.6 Å². The van der Waals surface area contributed by atoms with Crippen LogP contribution in [0.25, 0.3) is 0 Å². The predicted molar refractivity (Wildman–Crippen MR) is 55.0 cm³/mol. The van der Waals surface area contributed by atoms with Crippen molar-refractivity contribution in [3.8, 4) is 11.5 Å². The zero-order chi connectivity index (χ0) is 12.8. The molecule has 0 heterocycles. The summed E-state index contributed by atoms with van der Waals surface area (Å²) >= 11 is 0. The number of hydrogen-bond acceptors (Lipinski definition) is 4. The van der Waals surface area contributed by atoms with Gasteiger partial charge in [0.1, 0.15) is 11.5 Å². The van der Waals surface area contributed by atoms with Crippen LogP contribution >= 0.6 is 0 Å². The van der Waals surface area contributed by atoms with Gasteiger partial charge in [-0.25, -0.2) is 0 Å². The largest absolute Gasteiger partial charge is 0.494 e. The van der Waals surface area contributed by atoms with Gasteiger partial charge < -0.3 is 9.47 Å². The highest BCUT2D eigenvalue weighted by atomic mass is 19.3. The highest BCUT2D eigenvalue weighted by molar-refractivity contribution is 5.93. The number of alkyl halides is 2. The van der Waals surface area contributed by atoms with E-state index in [1.165, 1.54) is 6.07 Å². The van der Waals surface area contributed by atoms with Crippen LogP contribution in [0.5, 0.6) is 11.5 Å². The van der Waals surface area contributed by atoms with E-state index in [0.717, 1.165) is 6.07 Å². The highest BCUT2D eigenvalue weighted by Gasteiger charge is 2.15. The molecule has 4 nitrogen and oxygen atoms in total. The Morgan fingerprint density at radius 2 is 2.00 bits per heavy atom. The third kappa shape index (κ3) is 3.24. The summed E-state index contributed by atoms with van der Waals surface area (Å²) in [6.45, 7) is -1.08. The quantitative estimate of drug-likeness (QED) is 0.720. The second kappa shape index (κ2) is 5.93. The summed E-state index contributed by atoms with van der Waals surface area (Å²) in [7, 11) is 0. The molecule has 6 heteroatoms. The van der Waals surface area contributed by atoms with E-state index in [4.69, 9.17) is 4.74 Å². The van der Waals surface area contributed by atoms with Crippen molar-refractivity contribution in [2.24, 2.45) is 0 Å². The Morgan fingerprint density at radius 1 is 1.29 bits per heavy atom. The number of aldehydes is 2. The van der Waals surface area contributed by atoms with Crippen molar-refractivity contribution in [1.29, 1.82) is 0 Å². The summed E-state index contributed by atoms with van der Waals surface area (Å²) in [6.07, 6.45) is 0.668. The maximum Gasteiger partial charge on any atom is 0.387 e. The highest BCUT2D eigenvalue weighted by Crippen LogP contribution is 2.28. The standard InChI is InChI=1S/C11H10F2O4/c1-2-16-8-3-7(5-14)9(6-15)10(4-8)17-11(12)13/h3-6,11H,2H2,1H3. The molecule has 0 N–H and O–H groups in total. The number of carbonyl (C=O) groups is 2. The molecule has 0 amide bonds. The topological polar surface area (TPSA) is 52.6 Å². The molecule has 0 aliphatic carbocycles. The van der Waals surface area contributed by atoms with Gasteiger partial charge in [-0.3, -0.25) is 9.59 Å². The van der Waals surface area contributed by atoms with Crippen molar-refractivity contribution in [3.05, 3.63) is 23.3 Å². The fraction of sp³-hybridized carbons (Fsp3) is 0.273. The lowest BCUT2D eigenvalue weighted by Gasteiger charge is -2.11. The van der Waals surface area contributed by atoms with Gasteiger partial charge in [0.25, 0.3) is 0 Å². The minimum atomic E-state index is -3.08. The van der Waals surface area contributed by atoms with E-state index in [-0.39, 0.29) is 28.9 Å². The first kappa shape index (κ1) is 13.1. The second-order valence-corrected chi connectivity index (χ2v) is 2.97.